The van der Waals surface area contributed by atoms with Crippen molar-refractivity contribution in [1.82, 2.24) is 10.2 Å². The molecular weight excluding hydrogens is 258 g/mol. The van der Waals surface area contributed by atoms with Crippen molar-refractivity contribution in [3.8, 4) is 23.8 Å². The zero-order valence-electron chi connectivity index (χ0n) is 11.3. The molecule has 1 fully saturated rings. The lowest BCUT2D eigenvalue weighted by atomic mass is 10.0. The van der Waals surface area contributed by atoms with E-state index >= 15 is 0 Å². The molecule has 1 unspecified atom stereocenters. The zero-order valence-corrected chi connectivity index (χ0v) is 11.3. The van der Waals surface area contributed by atoms with Crippen LogP contribution in [0.4, 0.5) is 4.79 Å². The first kappa shape index (κ1) is 13.7. The fourth-order valence-corrected chi connectivity index (χ4v) is 2.12. The first-order chi connectivity index (χ1) is 9.60. The van der Waals surface area contributed by atoms with E-state index in [9.17, 15) is 4.79 Å². The second-order valence-electron chi connectivity index (χ2n) is 4.22. The highest BCUT2D eigenvalue weighted by atomic mass is 16.5. The SMILES string of the molecule is C#CCN1C(=O)NC(=N)C1c1cc(OC)cc(OC)c1. The van der Waals surface area contributed by atoms with E-state index in [0.29, 0.717) is 17.1 Å². The van der Waals surface area contributed by atoms with Crippen LogP contribution < -0.4 is 14.8 Å². The number of ether oxygens (including phenoxy) is 2. The van der Waals surface area contributed by atoms with Crippen LogP contribution in [0, 0.1) is 17.8 Å². The number of benzene rings is 1. The quantitative estimate of drug-likeness (QED) is 0.814. The van der Waals surface area contributed by atoms with Crippen molar-refractivity contribution < 1.29 is 14.3 Å². The standard InChI is InChI=1S/C14H15N3O3/c1-4-5-17-12(13(15)16-14(17)18)9-6-10(19-2)8-11(7-9)20-3/h1,6-8,12H,5H2,2-3H3,(H2,15,16,18). The van der Waals surface area contributed by atoms with Crippen molar-refractivity contribution in [3.05, 3.63) is 23.8 Å². The number of carbonyl (C=O) groups is 1. The third kappa shape index (κ3) is 2.38. The average Bonchev–Trinajstić information content (AvgIpc) is 2.73. The molecule has 0 aliphatic carbocycles. The summed E-state index contributed by atoms with van der Waals surface area (Å²) in [5, 5.41) is 10.4. The molecule has 6 nitrogen and oxygen atoms in total. The maximum atomic E-state index is 11.8. The van der Waals surface area contributed by atoms with Gasteiger partial charge in [-0.25, -0.2) is 4.79 Å². The molecule has 0 aromatic heterocycles. The van der Waals surface area contributed by atoms with Gasteiger partial charge in [-0.3, -0.25) is 15.6 Å². The van der Waals surface area contributed by atoms with Gasteiger partial charge in [-0.1, -0.05) is 5.92 Å². The van der Waals surface area contributed by atoms with Gasteiger partial charge < -0.3 is 9.47 Å². The summed E-state index contributed by atoms with van der Waals surface area (Å²) in [4.78, 5) is 13.2. The van der Waals surface area contributed by atoms with Crippen molar-refractivity contribution in [2.24, 2.45) is 0 Å². The summed E-state index contributed by atoms with van der Waals surface area (Å²) >= 11 is 0. The molecule has 1 atom stereocenters. The Kier molecular flexibility index (Phi) is 3.80. The van der Waals surface area contributed by atoms with Gasteiger partial charge in [0.25, 0.3) is 0 Å². The highest BCUT2D eigenvalue weighted by Crippen LogP contribution is 2.31. The molecule has 1 aliphatic rings. The summed E-state index contributed by atoms with van der Waals surface area (Å²) in [6.07, 6.45) is 5.28. The van der Waals surface area contributed by atoms with Crippen LogP contribution in [0.5, 0.6) is 11.5 Å². The number of urea groups is 1. The second-order valence-corrected chi connectivity index (χ2v) is 4.22. The largest absolute Gasteiger partial charge is 0.497 e. The van der Waals surface area contributed by atoms with Crippen molar-refractivity contribution >= 4 is 11.9 Å². The van der Waals surface area contributed by atoms with Crippen LogP contribution in [-0.4, -0.2) is 37.5 Å². The number of nitrogens with zero attached hydrogens (tertiary/aromatic N) is 1. The van der Waals surface area contributed by atoms with Crippen LogP contribution >= 0.6 is 0 Å². The Morgan fingerprint density at radius 3 is 2.45 bits per heavy atom. The number of carbonyl (C=O) groups excluding carboxylic acids is 1. The van der Waals surface area contributed by atoms with E-state index in [1.165, 1.54) is 4.90 Å². The molecular formula is C14H15N3O3. The molecule has 6 heteroatoms. The fraction of sp³-hybridized carbons (Fsp3) is 0.286. The first-order valence-corrected chi connectivity index (χ1v) is 5.93. The number of amidine groups is 1. The van der Waals surface area contributed by atoms with Gasteiger partial charge in [0, 0.05) is 6.07 Å². The minimum Gasteiger partial charge on any atom is -0.497 e. The van der Waals surface area contributed by atoms with Gasteiger partial charge in [-0.15, -0.1) is 6.42 Å². The first-order valence-electron chi connectivity index (χ1n) is 5.93. The number of amides is 2. The molecule has 2 amide bonds. The zero-order chi connectivity index (χ0) is 14.7. The molecule has 1 saturated heterocycles. The summed E-state index contributed by atoms with van der Waals surface area (Å²) in [6.45, 7) is 0.123. The number of terminal acetylenes is 1. The van der Waals surface area contributed by atoms with Crippen molar-refractivity contribution in [3.63, 3.8) is 0 Å². The van der Waals surface area contributed by atoms with Gasteiger partial charge >= 0.3 is 6.03 Å². The Bertz CT molecular complexity index is 570. The Morgan fingerprint density at radius 1 is 1.35 bits per heavy atom. The highest BCUT2D eigenvalue weighted by molar-refractivity contribution is 6.06. The molecule has 1 heterocycles. The summed E-state index contributed by atoms with van der Waals surface area (Å²) in [5.41, 5.74) is 0.708. The van der Waals surface area contributed by atoms with Crippen LogP contribution in [0.25, 0.3) is 0 Å². The van der Waals surface area contributed by atoms with Gasteiger partial charge in [-0.2, -0.15) is 0 Å². The Morgan fingerprint density at radius 2 is 1.95 bits per heavy atom. The third-order valence-corrected chi connectivity index (χ3v) is 3.04. The smallest absolute Gasteiger partial charge is 0.324 e. The van der Waals surface area contributed by atoms with Crippen LogP contribution in [0.2, 0.25) is 0 Å². The molecule has 1 aliphatic heterocycles. The van der Waals surface area contributed by atoms with Crippen LogP contribution in [-0.2, 0) is 0 Å². The number of rotatable bonds is 4. The second kappa shape index (κ2) is 5.53. The predicted octanol–water partition coefficient (Wildman–Crippen LogP) is 1.38. The van der Waals surface area contributed by atoms with Crippen LogP contribution in [0.1, 0.15) is 11.6 Å². The van der Waals surface area contributed by atoms with Gasteiger partial charge in [0.15, 0.2) is 0 Å². The third-order valence-electron chi connectivity index (χ3n) is 3.04. The molecule has 0 radical (unpaired) electrons. The Labute approximate surface area is 117 Å². The van der Waals surface area contributed by atoms with E-state index < -0.39 is 6.04 Å². The van der Waals surface area contributed by atoms with E-state index in [0.717, 1.165) is 0 Å². The lowest BCUT2D eigenvalue weighted by Crippen LogP contribution is -2.30. The Hall–Kier alpha value is -2.68. The Balaban J connectivity index is 2.45. The number of hydrogen-bond donors (Lipinski definition) is 2. The molecule has 0 bridgehead atoms. The molecule has 2 N–H and O–H groups in total. The number of hydrogen-bond acceptors (Lipinski definition) is 4. The normalized spacial score (nSPS) is 17.6. The van der Waals surface area contributed by atoms with E-state index in [1.54, 1.807) is 32.4 Å². The molecule has 0 saturated carbocycles. The van der Waals surface area contributed by atoms with E-state index in [2.05, 4.69) is 11.2 Å². The molecule has 1 aromatic carbocycles. The summed E-state index contributed by atoms with van der Waals surface area (Å²) in [6, 6.07) is 4.31. The number of nitrogens with one attached hydrogen (secondary N) is 2. The summed E-state index contributed by atoms with van der Waals surface area (Å²) < 4.78 is 10.4. The van der Waals surface area contributed by atoms with E-state index in [-0.39, 0.29) is 18.4 Å². The van der Waals surface area contributed by atoms with Crippen molar-refractivity contribution in [2.75, 3.05) is 20.8 Å². The average molecular weight is 273 g/mol. The summed E-state index contributed by atoms with van der Waals surface area (Å²) in [7, 11) is 3.09. The molecule has 104 valence electrons. The van der Waals surface area contributed by atoms with Gasteiger partial charge in [0.2, 0.25) is 0 Å². The monoisotopic (exact) mass is 273 g/mol. The van der Waals surface area contributed by atoms with E-state index in [4.69, 9.17) is 21.3 Å². The van der Waals surface area contributed by atoms with Gasteiger partial charge in [0.05, 0.1) is 20.8 Å². The van der Waals surface area contributed by atoms with Crippen LogP contribution in [0.15, 0.2) is 18.2 Å². The molecule has 1 aromatic rings. The predicted molar refractivity (Wildman–Crippen MR) is 74.1 cm³/mol. The molecule has 20 heavy (non-hydrogen) atoms. The lowest BCUT2D eigenvalue weighted by molar-refractivity contribution is 0.212. The lowest BCUT2D eigenvalue weighted by Gasteiger charge is -2.21. The fourth-order valence-electron chi connectivity index (χ4n) is 2.12. The molecule has 0 spiro atoms. The van der Waals surface area contributed by atoms with Gasteiger partial charge in [-0.05, 0) is 17.7 Å². The molecule has 2 rings (SSSR count). The van der Waals surface area contributed by atoms with Crippen molar-refractivity contribution in [1.29, 1.82) is 5.41 Å². The minimum atomic E-state index is -0.553. The highest BCUT2D eigenvalue weighted by Gasteiger charge is 2.36. The summed E-state index contributed by atoms with van der Waals surface area (Å²) in [5.74, 6) is 3.69. The maximum Gasteiger partial charge on any atom is 0.324 e. The minimum absolute atomic E-state index is 0.0838. The topological polar surface area (TPSA) is 74.7 Å². The maximum absolute atomic E-state index is 11.8. The van der Waals surface area contributed by atoms with Crippen LogP contribution in [0.3, 0.4) is 0 Å². The number of methoxy groups -OCH3 is 2. The van der Waals surface area contributed by atoms with Crippen molar-refractivity contribution in [2.45, 2.75) is 6.04 Å². The van der Waals surface area contributed by atoms with Gasteiger partial charge in [0.1, 0.15) is 23.4 Å². The van der Waals surface area contributed by atoms with E-state index in [1.807, 2.05) is 0 Å².